The molecule has 0 aromatic heterocycles. The lowest BCUT2D eigenvalue weighted by molar-refractivity contribution is -0.0979. The molecule has 1 aliphatic rings. The zero-order valence-electron chi connectivity index (χ0n) is 10.7. The summed E-state index contributed by atoms with van der Waals surface area (Å²) < 4.78 is 5.42. The first-order chi connectivity index (χ1) is 8.05. The zero-order chi connectivity index (χ0) is 12.5. The van der Waals surface area contributed by atoms with Crippen LogP contribution in [0, 0.1) is 5.41 Å². The highest BCUT2D eigenvalue weighted by molar-refractivity contribution is 5.31. The second-order valence-electron chi connectivity index (χ2n) is 5.34. The predicted molar refractivity (Wildman–Crippen MR) is 67.9 cm³/mol. The third kappa shape index (κ3) is 2.31. The van der Waals surface area contributed by atoms with Gasteiger partial charge in [-0.3, -0.25) is 0 Å². The minimum Gasteiger partial charge on any atom is -0.508 e. The number of benzene rings is 1. The highest BCUT2D eigenvalue weighted by Gasteiger charge is 2.48. The number of phenolic OH excluding ortho intramolecular Hbond substituents is 1. The second-order valence-corrected chi connectivity index (χ2v) is 5.34. The summed E-state index contributed by atoms with van der Waals surface area (Å²) in [6.07, 6.45) is 1.38. The third-order valence-corrected chi connectivity index (χ3v) is 3.99. The maximum atomic E-state index is 9.68. The van der Waals surface area contributed by atoms with Crippen molar-refractivity contribution in [3.05, 3.63) is 29.8 Å². The maximum Gasteiger partial charge on any atom is 0.120 e. The molecule has 1 saturated carbocycles. The molecule has 3 heteroatoms. The Kier molecular flexibility index (Phi) is 3.40. The van der Waals surface area contributed by atoms with Crippen molar-refractivity contribution in [1.29, 1.82) is 0 Å². The van der Waals surface area contributed by atoms with Crippen molar-refractivity contribution in [2.24, 2.45) is 5.41 Å². The fourth-order valence-electron chi connectivity index (χ4n) is 2.53. The Morgan fingerprint density at radius 1 is 1.41 bits per heavy atom. The van der Waals surface area contributed by atoms with Crippen LogP contribution >= 0.6 is 0 Å². The maximum absolute atomic E-state index is 9.68. The summed E-state index contributed by atoms with van der Waals surface area (Å²) in [5.74, 6) is 0.362. The van der Waals surface area contributed by atoms with E-state index < -0.39 is 0 Å². The van der Waals surface area contributed by atoms with Crippen LogP contribution in [0.3, 0.4) is 0 Å². The summed E-state index contributed by atoms with van der Waals surface area (Å²) in [5, 5.41) is 13.2. The van der Waals surface area contributed by atoms with E-state index in [0.717, 1.165) is 12.0 Å². The van der Waals surface area contributed by atoms with Gasteiger partial charge in [-0.05, 0) is 12.5 Å². The number of phenols is 1. The van der Waals surface area contributed by atoms with Crippen molar-refractivity contribution in [2.45, 2.75) is 39.0 Å². The number of hydrogen-bond donors (Lipinski definition) is 2. The van der Waals surface area contributed by atoms with Gasteiger partial charge in [0.15, 0.2) is 0 Å². The van der Waals surface area contributed by atoms with Gasteiger partial charge >= 0.3 is 0 Å². The van der Waals surface area contributed by atoms with Crippen molar-refractivity contribution >= 4 is 0 Å². The van der Waals surface area contributed by atoms with Gasteiger partial charge in [0.2, 0.25) is 0 Å². The van der Waals surface area contributed by atoms with Gasteiger partial charge in [-0.15, -0.1) is 0 Å². The third-order valence-electron chi connectivity index (χ3n) is 3.99. The Labute approximate surface area is 103 Å². The Bertz CT molecular complexity index is 390. The molecule has 1 aromatic rings. The molecule has 94 valence electrons. The summed E-state index contributed by atoms with van der Waals surface area (Å²) >= 11 is 0. The topological polar surface area (TPSA) is 41.5 Å². The van der Waals surface area contributed by atoms with E-state index in [4.69, 9.17) is 4.74 Å². The number of ether oxygens (including phenoxy) is 1. The number of rotatable bonds is 4. The first kappa shape index (κ1) is 12.4. The fraction of sp³-hybridized carbons (Fsp3) is 0.571. The SMILES string of the molecule is COC1CC(NCc2ccccc2O)C1(C)C. The van der Waals surface area contributed by atoms with Gasteiger partial charge in [0.1, 0.15) is 5.75 Å². The van der Waals surface area contributed by atoms with E-state index in [1.54, 1.807) is 13.2 Å². The van der Waals surface area contributed by atoms with Crippen LogP contribution in [0.1, 0.15) is 25.8 Å². The quantitative estimate of drug-likeness (QED) is 0.841. The Morgan fingerprint density at radius 2 is 2.12 bits per heavy atom. The molecule has 2 N–H and O–H groups in total. The van der Waals surface area contributed by atoms with Crippen LogP contribution < -0.4 is 5.32 Å². The molecule has 2 unspecified atom stereocenters. The highest BCUT2D eigenvalue weighted by atomic mass is 16.5. The first-order valence-corrected chi connectivity index (χ1v) is 6.08. The van der Waals surface area contributed by atoms with Gasteiger partial charge in [0.05, 0.1) is 6.10 Å². The number of aromatic hydroxyl groups is 1. The lowest BCUT2D eigenvalue weighted by atomic mass is 9.64. The number of hydrogen-bond acceptors (Lipinski definition) is 3. The van der Waals surface area contributed by atoms with Crippen molar-refractivity contribution < 1.29 is 9.84 Å². The minimum atomic E-state index is 0.166. The van der Waals surface area contributed by atoms with E-state index in [2.05, 4.69) is 19.2 Å². The smallest absolute Gasteiger partial charge is 0.120 e. The van der Waals surface area contributed by atoms with Crippen molar-refractivity contribution in [3.63, 3.8) is 0 Å². The number of methoxy groups -OCH3 is 1. The largest absolute Gasteiger partial charge is 0.508 e. The average Bonchev–Trinajstić information content (AvgIpc) is 2.30. The van der Waals surface area contributed by atoms with Crippen LogP contribution in [0.4, 0.5) is 0 Å². The molecule has 1 fully saturated rings. The standard InChI is InChI=1S/C14H21NO2/c1-14(2)12(8-13(14)17-3)15-9-10-6-4-5-7-11(10)16/h4-7,12-13,15-16H,8-9H2,1-3H3. The van der Waals surface area contributed by atoms with Gasteiger partial charge in [0, 0.05) is 30.7 Å². The molecule has 0 radical (unpaired) electrons. The predicted octanol–water partition coefficient (Wildman–Crippen LogP) is 2.30. The molecule has 17 heavy (non-hydrogen) atoms. The van der Waals surface area contributed by atoms with Crippen LogP contribution in [0.25, 0.3) is 0 Å². The van der Waals surface area contributed by atoms with Crippen molar-refractivity contribution in [3.8, 4) is 5.75 Å². The molecular weight excluding hydrogens is 214 g/mol. The second kappa shape index (κ2) is 4.67. The van der Waals surface area contributed by atoms with Crippen LogP contribution in [0.15, 0.2) is 24.3 Å². The average molecular weight is 235 g/mol. The van der Waals surface area contributed by atoms with Crippen LogP contribution in [-0.4, -0.2) is 24.4 Å². The van der Waals surface area contributed by atoms with Crippen LogP contribution in [0.5, 0.6) is 5.75 Å². The highest BCUT2D eigenvalue weighted by Crippen LogP contribution is 2.42. The van der Waals surface area contributed by atoms with Gasteiger partial charge < -0.3 is 15.2 Å². The molecule has 2 rings (SSSR count). The van der Waals surface area contributed by atoms with E-state index in [0.29, 0.717) is 24.4 Å². The Morgan fingerprint density at radius 3 is 2.71 bits per heavy atom. The lowest BCUT2D eigenvalue weighted by Gasteiger charge is -2.51. The van der Waals surface area contributed by atoms with E-state index in [-0.39, 0.29) is 5.41 Å². The Hall–Kier alpha value is -1.06. The van der Waals surface area contributed by atoms with Crippen LogP contribution in [-0.2, 0) is 11.3 Å². The molecule has 0 heterocycles. The fourth-order valence-corrected chi connectivity index (χ4v) is 2.53. The molecule has 0 aliphatic heterocycles. The lowest BCUT2D eigenvalue weighted by Crippen LogP contribution is -2.60. The molecule has 0 spiro atoms. The summed E-state index contributed by atoms with van der Waals surface area (Å²) in [5.41, 5.74) is 1.11. The monoisotopic (exact) mass is 235 g/mol. The molecule has 1 aliphatic carbocycles. The van der Waals surface area contributed by atoms with Gasteiger partial charge in [-0.25, -0.2) is 0 Å². The molecule has 3 nitrogen and oxygen atoms in total. The van der Waals surface area contributed by atoms with Gasteiger partial charge in [-0.1, -0.05) is 32.0 Å². The van der Waals surface area contributed by atoms with Crippen molar-refractivity contribution in [1.82, 2.24) is 5.32 Å². The van der Waals surface area contributed by atoms with Gasteiger partial charge in [0.25, 0.3) is 0 Å². The van der Waals surface area contributed by atoms with E-state index in [1.165, 1.54) is 0 Å². The molecule has 0 saturated heterocycles. The molecule has 1 aromatic carbocycles. The molecular formula is C14H21NO2. The van der Waals surface area contributed by atoms with Crippen LogP contribution in [0.2, 0.25) is 0 Å². The van der Waals surface area contributed by atoms with E-state index in [9.17, 15) is 5.11 Å². The van der Waals surface area contributed by atoms with E-state index in [1.807, 2.05) is 18.2 Å². The summed E-state index contributed by atoms with van der Waals surface area (Å²) in [4.78, 5) is 0. The van der Waals surface area contributed by atoms with Crippen molar-refractivity contribution in [2.75, 3.05) is 7.11 Å². The van der Waals surface area contributed by atoms with Gasteiger partial charge in [-0.2, -0.15) is 0 Å². The van der Waals surface area contributed by atoms with E-state index >= 15 is 0 Å². The molecule has 2 atom stereocenters. The molecule has 0 bridgehead atoms. The first-order valence-electron chi connectivity index (χ1n) is 6.08. The minimum absolute atomic E-state index is 0.166. The normalized spacial score (nSPS) is 26.5. The number of para-hydroxylation sites is 1. The summed E-state index contributed by atoms with van der Waals surface area (Å²) in [6.45, 7) is 5.14. The zero-order valence-corrected chi connectivity index (χ0v) is 10.7. The molecule has 0 amide bonds. The Balaban J connectivity index is 1.91. The summed E-state index contributed by atoms with van der Waals surface area (Å²) in [7, 11) is 1.77. The summed E-state index contributed by atoms with van der Waals surface area (Å²) in [6, 6.07) is 7.91. The number of nitrogens with one attached hydrogen (secondary N) is 1.